The van der Waals surface area contributed by atoms with E-state index in [1.807, 2.05) is 24.3 Å². The minimum Gasteiger partial charge on any atom is -0.222 e. The van der Waals surface area contributed by atoms with Gasteiger partial charge in [0.1, 0.15) is 6.42 Å². The molecule has 1 aliphatic carbocycles. The van der Waals surface area contributed by atoms with Crippen molar-refractivity contribution in [2.24, 2.45) is 0 Å². The van der Waals surface area contributed by atoms with Gasteiger partial charge in [-0.3, -0.25) is 0 Å². The first-order valence-corrected chi connectivity index (χ1v) is 4.24. The molecule has 0 spiro atoms. The zero-order valence-electron chi connectivity index (χ0n) is 6.10. The van der Waals surface area contributed by atoms with Crippen LogP contribution in [0.3, 0.4) is 0 Å². The van der Waals surface area contributed by atoms with Crippen molar-refractivity contribution in [2.75, 3.05) is 0 Å². The van der Waals surface area contributed by atoms with Gasteiger partial charge in [0.05, 0.1) is 12.2 Å². The Morgan fingerprint density at radius 3 is 2.17 bits per heavy atom. The minimum absolute atomic E-state index is 0.951. The predicted octanol–water partition coefficient (Wildman–Crippen LogP) is -2.89. The smallest absolute Gasteiger partial charge is 0.155 e. The monoisotopic (exact) mass is 190 g/mol. The third-order valence-corrected chi connectivity index (χ3v) is 0.808. The van der Waals surface area contributed by atoms with Crippen molar-refractivity contribution in [3.8, 4) is 0 Å². The Kier molecular flexibility index (Phi) is 5.49. The molecule has 66 valence electrons. The quantitative estimate of drug-likeness (QED) is 0.383. The van der Waals surface area contributed by atoms with E-state index in [4.69, 9.17) is 18.6 Å². The molecule has 0 aliphatic heterocycles. The van der Waals surface area contributed by atoms with Crippen LogP contribution in [-0.4, -0.2) is 0 Å². The zero-order chi connectivity index (χ0) is 9.45. The van der Waals surface area contributed by atoms with E-state index in [0.717, 1.165) is 6.42 Å². The molecule has 0 aromatic carbocycles. The molecular weight excluding hydrogens is 184 g/mol. The van der Waals surface area contributed by atoms with Crippen LogP contribution >= 0.6 is 0 Å². The Morgan fingerprint density at radius 1 is 1.00 bits per heavy atom. The van der Waals surface area contributed by atoms with Crippen molar-refractivity contribution in [1.82, 2.24) is 0 Å². The molecule has 1 aliphatic rings. The third kappa shape index (κ3) is 16.1. The van der Waals surface area contributed by atoms with Crippen LogP contribution in [0.15, 0.2) is 30.4 Å². The maximum atomic E-state index is 8.49. The van der Waals surface area contributed by atoms with Crippen LogP contribution in [0.4, 0.5) is 0 Å². The van der Waals surface area contributed by atoms with Crippen molar-refractivity contribution in [3.05, 3.63) is 36.5 Å². The molecule has 4 nitrogen and oxygen atoms in total. The Morgan fingerprint density at radius 2 is 1.58 bits per heavy atom. The summed E-state index contributed by atoms with van der Waals surface area (Å²) in [6, 6.07) is 0. The molecule has 0 saturated heterocycles. The van der Waals surface area contributed by atoms with Gasteiger partial charge in [-0.2, -0.15) is 0 Å². The van der Waals surface area contributed by atoms with Gasteiger partial charge in [-0.15, -0.1) is 10.2 Å². The summed E-state index contributed by atoms with van der Waals surface area (Å²) in [5.74, 6) is 0. The number of rotatable bonds is 0. The van der Waals surface area contributed by atoms with Gasteiger partial charge in [0.2, 0.25) is 0 Å². The fourth-order valence-electron chi connectivity index (χ4n) is 0.470. The lowest BCUT2D eigenvalue weighted by molar-refractivity contribution is -2.00. The van der Waals surface area contributed by atoms with Crippen molar-refractivity contribution in [1.29, 1.82) is 0 Å². The summed E-state index contributed by atoms with van der Waals surface area (Å²) < 4.78 is 34.0. The second-order valence-electron chi connectivity index (χ2n) is 1.77. The number of hydrogen-bond donors (Lipinski definition) is 0. The molecule has 0 aromatic heterocycles. The lowest BCUT2D eigenvalue weighted by Crippen LogP contribution is -2.68. The molecule has 0 saturated carbocycles. The Hall–Kier alpha value is -0.740. The molecule has 1 rings (SSSR count). The molecule has 0 atom stereocenters. The van der Waals surface area contributed by atoms with Crippen LogP contribution < -0.4 is 18.6 Å². The molecule has 0 unspecified atom stereocenters. The van der Waals surface area contributed by atoms with Crippen molar-refractivity contribution >= 4 is 0 Å². The molecule has 0 bridgehead atoms. The fraction of sp³-hybridized carbons (Fsp3) is 0.143. The van der Waals surface area contributed by atoms with E-state index in [0.29, 0.717) is 0 Å². The van der Waals surface area contributed by atoms with E-state index < -0.39 is 10.2 Å². The normalized spacial score (nSPS) is 14.3. The molecular formula is C7H7ClO4. The lowest BCUT2D eigenvalue weighted by atomic mass is 10.4. The SMILES string of the molecule is [C+]1=CC=CC=CC1.[O-][Cl+3]([O-])([O-])[O-]. The Labute approximate surface area is 72.5 Å². The molecule has 0 N–H and O–H groups in total. The average Bonchev–Trinajstić information content (AvgIpc) is 2.10. The van der Waals surface area contributed by atoms with Crippen LogP contribution in [0.25, 0.3) is 0 Å². The fourth-order valence-corrected chi connectivity index (χ4v) is 0.470. The summed E-state index contributed by atoms with van der Waals surface area (Å²) >= 11 is 0. The number of allylic oxidation sites excluding steroid dienone is 6. The molecule has 0 heterocycles. The Bertz CT molecular complexity index is 170. The summed E-state index contributed by atoms with van der Waals surface area (Å²) in [6.45, 7) is 0. The highest BCUT2D eigenvalue weighted by atomic mass is 35.7. The summed E-state index contributed by atoms with van der Waals surface area (Å²) in [5.41, 5.74) is 0. The number of halogens is 1. The van der Waals surface area contributed by atoms with Crippen molar-refractivity contribution in [2.45, 2.75) is 6.42 Å². The summed E-state index contributed by atoms with van der Waals surface area (Å²) in [4.78, 5) is 0. The highest BCUT2D eigenvalue weighted by Gasteiger charge is 1.84. The lowest BCUT2D eigenvalue weighted by Gasteiger charge is -2.17. The average molecular weight is 191 g/mol. The van der Waals surface area contributed by atoms with Crippen LogP contribution in [0, 0.1) is 16.3 Å². The summed E-state index contributed by atoms with van der Waals surface area (Å²) in [6.07, 6.45) is 14.0. The first-order valence-electron chi connectivity index (χ1n) is 3.00. The van der Waals surface area contributed by atoms with E-state index in [9.17, 15) is 0 Å². The van der Waals surface area contributed by atoms with Gasteiger partial charge in [0, 0.05) is 6.08 Å². The maximum Gasteiger partial charge on any atom is 0.155 e. The summed E-state index contributed by atoms with van der Waals surface area (Å²) in [7, 11) is -4.94. The highest BCUT2D eigenvalue weighted by molar-refractivity contribution is 5.13. The zero-order valence-corrected chi connectivity index (χ0v) is 6.86. The molecule has 0 aromatic rings. The first kappa shape index (κ1) is 11.3. The topological polar surface area (TPSA) is 92.2 Å². The first-order chi connectivity index (χ1) is 5.50. The molecule has 0 fully saturated rings. The third-order valence-electron chi connectivity index (χ3n) is 0.808. The van der Waals surface area contributed by atoms with Gasteiger partial charge >= 0.3 is 0 Å². The van der Waals surface area contributed by atoms with Gasteiger partial charge in [-0.1, -0.05) is 6.08 Å². The highest BCUT2D eigenvalue weighted by Crippen LogP contribution is 1.90. The standard InChI is InChI=1S/C7H7.ClHO4/c1-2-4-6-7-5-3-1;2-1(3,4)5/h1-5H,6H2;(H,2,3,4,5)/q+1;/p-1. The molecule has 0 radical (unpaired) electrons. The van der Waals surface area contributed by atoms with Crippen LogP contribution in [0.1, 0.15) is 6.42 Å². The Balaban J connectivity index is 0.000000217. The van der Waals surface area contributed by atoms with Gasteiger partial charge < -0.3 is 0 Å². The molecule has 0 amide bonds. The largest absolute Gasteiger partial charge is 0.222 e. The van der Waals surface area contributed by atoms with Crippen LogP contribution in [0.2, 0.25) is 0 Å². The summed E-state index contributed by atoms with van der Waals surface area (Å²) in [5, 5.41) is 0. The van der Waals surface area contributed by atoms with Crippen LogP contribution in [0.5, 0.6) is 0 Å². The second-order valence-corrected chi connectivity index (χ2v) is 2.52. The van der Waals surface area contributed by atoms with Gasteiger partial charge in [-0.25, -0.2) is 18.6 Å². The maximum absolute atomic E-state index is 8.49. The van der Waals surface area contributed by atoms with Gasteiger partial charge in [0.25, 0.3) is 0 Å². The van der Waals surface area contributed by atoms with E-state index in [1.165, 1.54) is 0 Å². The van der Waals surface area contributed by atoms with Crippen LogP contribution in [-0.2, 0) is 0 Å². The number of hydrogen-bond acceptors (Lipinski definition) is 4. The van der Waals surface area contributed by atoms with Gasteiger partial charge in [0.15, 0.2) is 6.08 Å². The van der Waals surface area contributed by atoms with E-state index >= 15 is 0 Å². The molecule has 5 heteroatoms. The van der Waals surface area contributed by atoms with Gasteiger partial charge in [-0.05, 0) is 6.08 Å². The minimum atomic E-state index is -4.94. The predicted molar refractivity (Wildman–Crippen MR) is 30.7 cm³/mol. The van der Waals surface area contributed by atoms with Crippen molar-refractivity contribution in [3.63, 3.8) is 0 Å². The molecule has 12 heavy (non-hydrogen) atoms. The van der Waals surface area contributed by atoms with E-state index in [2.05, 4.69) is 12.2 Å². The van der Waals surface area contributed by atoms with E-state index in [-0.39, 0.29) is 0 Å². The van der Waals surface area contributed by atoms with Crippen molar-refractivity contribution < 1.29 is 28.9 Å². The van der Waals surface area contributed by atoms with E-state index in [1.54, 1.807) is 0 Å². The second kappa shape index (κ2) is 5.85.